The Morgan fingerprint density at radius 3 is 1.82 bits per heavy atom. The first-order valence-electron chi connectivity index (χ1n) is 13.2. The molecule has 1 atom stereocenters. The van der Waals surface area contributed by atoms with Gasteiger partial charge in [0.1, 0.15) is 0 Å². The van der Waals surface area contributed by atoms with Gasteiger partial charge in [0, 0.05) is 32.0 Å². The van der Waals surface area contributed by atoms with Crippen molar-refractivity contribution >= 4 is 28.5 Å². The number of nitrogens with zero attached hydrogens (tertiary/aromatic N) is 1. The van der Waals surface area contributed by atoms with Gasteiger partial charge in [0.05, 0.1) is 5.92 Å². The number of para-hydroxylation sites is 1. The Bertz CT molecular complexity index is 684. The zero-order valence-electron chi connectivity index (χ0n) is 23.5. The van der Waals surface area contributed by atoms with Crippen molar-refractivity contribution in [2.24, 2.45) is 5.92 Å². The monoisotopic (exact) mass is 509 g/mol. The van der Waals surface area contributed by atoms with Crippen LogP contribution in [0.25, 0.3) is 0 Å². The lowest BCUT2D eigenvalue weighted by atomic mass is 10.1. The quantitative estimate of drug-likeness (QED) is 0.218. The van der Waals surface area contributed by atoms with Crippen molar-refractivity contribution in [3.8, 4) is 0 Å². The molecule has 0 aliphatic rings. The van der Waals surface area contributed by atoms with Crippen molar-refractivity contribution < 1.29 is 18.1 Å². The van der Waals surface area contributed by atoms with E-state index in [9.17, 15) is 4.79 Å². The zero-order chi connectivity index (χ0) is 25.9. The molecule has 1 aromatic carbocycles. The summed E-state index contributed by atoms with van der Waals surface area (Å²) in [6, 6.07) is 11.3. The van der Waals surface area contributed by atoms with Crippen molar-refractivity contribution in [1.82, 2.24) is 0 Å². The molecule has 0 aliphatic heterocycles. The summed E-state index contributed by atoms with van der Waals surface area (Å²) in [6.07, 6.45) is 0.960. The number of benzene rings is 1. The van der Waals surface area contributed by atoms with Gasteiger partial charge in [-0.2, -0.15) is 0 Å². The maximum Gasteiger partial charge on any atom is 0.334 e. The minimum atomic E-state index is -2.25. The average Bonchev–Trinajstić information content (AvgIpc) is 2.76. The number of carbonyl (C=O) groups excluding carboxylic acids is 1. The highest BCUT2D eigenvalue weighted by atomic mass is 28.4. The van der Waals surface area contributed by atoms with E-state index in [0.29, 0.717) is 36.4 Å². The summed E-state index contributed by atoms with van der Waals surface area (Å²) in [7, 11) is -4.41. The third-order valence-electron chi connectivity index (χ3n) is 6.96. The Morgan fingerprint density at radius 1 is 0.882 bits per heavy atom. The van der Waals surface area contributed by atoms with Gasteiger partial charge in [-0.1, -0.05) is 66.7 Å². The molecule has 34 heavy (non-hydrogen) atoms. The first-order valence-corrected chi connectivity index (χ1v) is 17.9. The van der Waals surface area contributed by atoms with E-state index >= 15 is 0 Å². The molecule has 0 fully saturated rings. The van der Waals surface area contributed by atoms with Crippen molar-refractivity contribution in [1.29, 1.82) is 0 Å². The lowest BCUT2D eigenvalue weighted by Crippen LogP contribution is -2.50. The van der Waals surface area contributed by atoms with Crippen LogP contribution in [0.2, 0.25) is 29.2 Å². The Labute approximate surface area is 211 Å². The highest BCUT2D eigenvalue weighted by molar-refractivity contribution is 6.78. The van der Waals surface area contributed by atoms with Gasteiger partial charge in [-0.25, -0.2) is 0 Å². The SMILES string of the molecule is CCO[Si](C)(CCCN(CC(C)C(=O)O[Si](C(C)C)(C(C)C)C(C)C)c1ccccc1)OCC. The normalized spacial score (nSPS) is 13.6. The van der Waals surface area contributed by atoms with Crippen LogP contribution in [-0.2, 0) is 18.1 Å². The molecule has 1 aromatic rings. The number of anilines is 1. The van der Waals surface area contributed by atoms with Gasteiger partial charge in [0.15, 0.2) is 0 Å². The van der Waals surface area contributed by atoms with Crippen molar-refractivity contribution in [3.63, 3.8) is 0 Å². The molecule has 196 valence electrons. The van der Waals surface area contributed by atoms with Crippen LogP contribution in [0.1, 0.15) is 68.7 Å². The highest BCUT2D eigenvalue weighted by Crippen LogP contribution is 2.42. The van der Waals surface area contributed by atoms with Gasteiger partial charge in [-0.3, -0.25) is 4.79 Å². The molecule has 0 saturated carbocycles. The smallest absolute Gasteiger partial charge is 0.334 e. The van der Waals surface area contributed by atoms with Gasteiger partial charge < -0.3 is 18.2 Å². The molecule has 0 bridgehead atoms. The predicted octanol–water partition coefficient (Wildman–Crippen LogP) is 7.38. The van der Waals surface area contributed by atoms with E-state index in [2.05, 4.69) is 77.3 Å². The molecule has 5 nitrogen and oxygen atoms in total. The van der Waals surface area contributed by atoms with Crippen LogP contribution in [0.15, 0.2) is 30.3 Å². The van der Waals surface area contributed by atoms with Crippen LogP contribution in [0, 0.1) is 5.92 Å². The minimum absolute atomic E-state index is 0.0495. The number of carbonyl (C=O) groups is 1. The van der Waals surface area contributed by atoms with E-state index in [1.165, 1.54) is 0 Å². The standard InChI is InChI=1S/C27H51NO4Si2/c1-11-30-33(10,31-12-2)20-16-19-28(26-17-14-13-15-18-26)21-25(9)27(29)32-34(22(3)4,23(5)6)24(7)8/h13-15,17-18,22-25H,11-12,16,19-21H2,1-10H3. The molecule has 0 radical (unpaired) electrons. The third-order valence-corrected chi connectivity index (χ3v) is 16.0. The Balaban J connectivity index is 2.98. The fourth-order valence-electron chi connectivity index (χ4n) is 5.39. The summed E-state index contributed by atoms with van der Waals surface area (Å²) in [5, 5.41) is 0. The van der Waals surface area contributed by atoms with Crippen LogP contribution in [-0.4, -0.2) is 49.2 Å². The first kappa shape index (κ1) is 30.9. The predicted molar refractivity (Wildman–Crippen MR) is 149 cm³/mol. The molecule has 1 rings (SSSR count). The molecule has 0 amide bonds. The van der Waals surface area contributed by atoms with Crippen molar-refractivity contribution in [2.45, 2.75) is 97.9 Å². The summed E-state index contributed by atoms with van der Waals surface area (Å²) < 4.78 is 18.5. The first-order chi connectivity index (χ1) is 15.9. The van der Waals surface area contributed by atoms with E-state index in [1.54, 1.807) is 0 Å². The number of hydrogen-bond acceptors (Lipinski definition) is 5. The van der Waals surface area contributed by atoms with Crippen molar-refractivity contribution in [3.05, 3.63) is 30.3 Å². The number of rotatable bonds is 16. The minimum Gasteiger partial charge on any atom is -0.518 e. The second-order valence-electron chi connectivity index (χ2n) is 10.5. The highest BCUT2D eigenvalue weighted by Gasteiger charge is 2.48. The second-order valence-corrected chi connectivity index (χ2v) is 19.2. The van der Waals surface area contributed by atoms with Gasteiger partial charge in [-0.15, -0.1) is 0 Å². The fraction of sp³-hybridized carbons (Fsp3) is 0.741. The molecule has 0 saturated heterocycles. The van der Waals surface area contributed by atoms with E-state index < -0.39 is 16.9 Å². The molecule has 7 heteroatoms. The van der Waals surface area contributed by atoms with E-state index in [4.69, 9.17) is 13.3 Å². The summed E-state index contributed by atoms with van der Waals surface area (Å²) in [6.45, 7) is 24.4. The van der Waals surface area contributed by atoms with Crippen LogP contribution in [0.3, 0.4) is 0 Å². The summed E-state index contributed by atoms with van der Waals surface area (Å²) in [4.78, 5) is 15.7. The molecular formula is C27H51NO4Si2. The van der Waals surface area contributed by atoms with Crippen molar-refractivity contribution in [2.75, 3.05) is 31.2 Å². The largest absolute Gasteiger partial charge is 0.518 e. The third kappa shape index (κ3) is 8.50. The molecule has 0 heterocycles. The molecule has 0 aliphatic carbocycles. The summed E-state index contributed by atoms with van der Waals surface area (Å²) in [5.41, 5.74) is 2.29. The fourth-order valence-corrected chi connectivity index (χ4v) is 13.0. The Morgan fingerprint density at radius 2 is 1.38 bits per heavy atom. The van der Waals surface area contributed by atoms with E-state index in [1.807, 2.05) is 26.8 Å². The van der Waals surface area contributed by atoms with Gasteiger partial charge in [0.2, 0.25) is 0 Å². The second kappa shape index (κ2) is 14.4. The topological polar surface area (TPSA) is 48.0 Å². The zero-order valence-corrected chi connectivity index (χ0v) is 25.5. The maximum atomic E-state index is 13.4. The van der Waals surface area contributed by atoms with E-state index in [-0.39, 0.29) is 11.9 Å². The van der Waals surface area contributed by atoms with Gasteiger partial charge in [-0.05, 0) is 61.6 Å². The molecule has 1 unspecified atom stereocenters. The average molecular weight is 510 g/mol. The summed E-state index contributed by atoms with van der Waals surface area (Å²) in [5.74, 6) is -0.253. The molecule has 0 aromatic heterocycles. The van der Waals surface area contributed by atoms with Crippen LogP contribution >= 0.6 is 0 Å². The van der Waals surface area contributed by atoms with Gasteiger partial charge >= 0.3 is 8.56 Å². The van der Waals surface area contributed by atoms with Crippen LogP contribution in [0.4, 0.5) is 5.69 Å². The molecular weight excluding hydrogens is 458 g/mol. The lowest BCUT2D eigenvalue weighted by Gasteiger charge is -2.42. The Kier molecular flexibility index (Phi) is 13.1. The molecule has 0 spiro atoms. The van der Waals surface area contributed by atoms with Crippen LogP contribution < -0.4 is 4.90 Å². The molecule has 0 N–H and O–H groups in total. The lowest BCUT2D eigenvalue weighted by molar-refractivity contribution is -0.139. The maximum absolute atomic E-state index is 13.4. The summed E-state index contributed by atoms with van der Waals surface area (Å²) >= 11 is 0. The van der Waals surface area contributed by atoms with E-state index in [0.717, 1.165) is 24.7 Å². The van der Waals surface area contributed by atoms with Crippen LogP contribution in [0.5, 0.6) is 0 Å². The Hall–Kier alpha value is -1.16. The van der Waals surface area contributed by atoms with Gasteiger partial charge in [0.25, 0.3) is 14.3 Å². The number of hydrogen-bond donors (Lipinski definition) is 0.